The van der Waals surface area contributed by atoms with Crippen molar-refractivity contribution in [2.45, 2.75) is 12.5 Å². The number of amides is 1. The van der Waals surface area contributed by atoms with E-state index in [9.17, 15) is 4.79 Å². The fraction of sp³-hybridized carbons (Fsp3) is 0.267. The van der Waals surface area contributed by atoms with Crippen LogP contribution in [0.15, 0.2) is 36.4 Å². The molecule has 1 aromatic heterocycles. The van der Waals surface area contributed by atoms with E-state index in [1.54, 1.807) is 0 Å². The molecule has 6 nitrogen and oxygen atoms in total. The Bertz CT molecular complexity index is 644. The lowest BCUT2D eigenvalue weighted by molar-refractivity contribution is -0.119. The molecule has 21 heavy (non-hydrogen) atoms. The number of nitrogens with zero attached hydrogens (tertiary/aromatic N) is 2. The van der Waals surface area contributed by atoms with Gasteiger partial charge in [0.25, 0.3) is 0 Å². The lowest BCUT2D eigenvalue weighted by atomic mass is 10.2. The summed E-state index contributed by atoms with van der Waals surface area (Å²) in [5.74, 6) is 2.18. The first-order chi connectivity index (χ1) is 10.2. The number of hydrogen-bond acceptors (Lipinski definition) is 5. The molecule has 1 unspecified atom stereocenters. The van der Waals surface area contributed by atoms with Crippen LogP contribution >= 0.6 is 0 Å². The third-order valence-electron chi connectivity index (χ3n) is 3.34. The summed E-state index contributed by atoms with van der Waals surface area (Å²) in [5, 5.41) is 9.12. The molecule has 1 amide bonds. The van der Waals surface area contributed by atoms with Gasteiger partial charge in [-0.2, -0.15) is 0 Å². The molecule has 0 bridgehead atoms. The van der Waals surface area contributed by atoms with Crippen LogP contribution in [0.1, 0.15) is 6.42 Å². The monoisotopic (exact) mass is 283 g/mol. The molecule has 1 fully saturated rings. The number of nitrogens with one attached hydrogen (secondary N) is 3. The third-order valence-corrected chi connectivity index (χ3v) is 3.34. The van der Waals surface area contributed by atoms with Crippen LogP contribution in [0.2, 0.25) is 0 Å². The van der Waals surface area contributed by atoms with Crippen LogP contribution in [-0.4, -0.2) is 35.5 Å². The van der Waals surface area contributed by atoms with Gasteiger partial charge in [-0.3, -0.25) is 4.79 Å². The number of benzene rings is 1. The SMILES string of the molecule is CNc1cc(NC2CNC(=O)C2)nc(-c2ccccc2)n1. The predicted octanol–water partition coefficient (Wildman–Crippen LogP) is 1.49. The van der Waals surface area contributed by atoms with E-state index >= 15 is 0 Å². The van der Waals surface area contributed by atoms with E-state index in [0.29, 0.717) is 18.8 Å². The maximum absolute atomic E-state index is 11.3. The Morgan fingerprint density at radius 3 is 2.62 bits per heavy atom. The van der Waals surface area contributed by atoms with Gasteiger partial charge in [0.15, 0.2) is 5.82 Å². The Kier molecular flexibility index (Phi) is 3.68. The fourth-order valence-corrected chi connectivity index (χ4v) is 2.28. The zero-order chi connectivity index (χ0) is 14.7. The van der Waals surface area contributed by atoms with Crippen molar-refractivity contribution in [3.8, 4) is 11.4 Å². The van der Waals surface area contributed by atoms with E-state index in [-0.39, 0.29) is 11.9 Å². The van der Waals surface area contributed by atoms with E-state index in [2.05, 4.69) is 25.9 Å². The van der Waals surface area contributed by atoms with Crippen molar-refractivity contribution in [2.24, 2.45) is 0 Å². The normalized spacial score (nSPS) is 17.4. The number of hydrogen-bond donors (Lipinski definition) is 3. The second-order valence-corrected chi connectivity index (χ2v) is 4.93. The summed E-state index contributed by atoms with van der Waals surface area (Å²) in [6, 6.07) is 11.7. The summed E-state index contributed by atoms with van der Waals surface area (Å²) in [6.07, 6.45) is 0.472. The van der Waals surface area contributed by atoms with Crippen molar-refractivity contribution in [1.82, 2.24) is 15.3 Å². The molecule has 3 rings (SSSR count). The first-order valence-corrected chi connectivity index (χ1v) is 6.90. The number of anilines is 2. The Balaban J connectivity index is 1.88. The molecule has 0 radical (unpaired) electrons. The summed E-state index contributed by atoms with van der Waals surface area (Å²) in [4.78, 5) is 20.3. The van der Waals surface area contributed by atoms with Crippen molar-refractivity contribution in [3.05, 3.63) is 36.4 Å². The van der Waals surface area contributed by atoms with Crippen molar-refractivity contribution in [1.29, 1.82) is 0 Å². The second-order valence-electron chi connectivity index (χ2n) is 4.93. The van der Waals surface area contributed by atoms with Crippen LogP contribution < -0.4 is 16.0 Å². The first-order valence-electron chi connectivity index (χ1n) is 6.90. The average molecular weight is 283 g/mol. The van der Waals surface area contributed by atoms with Gasteiger partial charge >= 0.3 is 0 Å². The van der Waals surface area contributed by atoms with Gasteiger partial charge < -0.3 is 16.0 Å². The minimum atomic E-state index is 0.0682. The molecule has 1 aliphatic rings. The second kappa shape index (κ2) is 5.78. The molecule has 1 saturated heterocycles. The highest BCUT2D eigenvalue weighted by Crippen LogP contribution is 2.21. The summed E-state index contributed by atoms with van der Waals surface area (Å²) < 4.78 is 0. The van der Waals surface area contributed by atoms with Crippen LogP contribution in [0, 0.1) is 0 Å². The molecule has 0 aliphatic carbocycles. The van der Waals surface area contributed by atoms with Crippen molar-refractivity contribution < 1.29 is 4.79 Å². The minimum Gasteiger partial charge on any atom is -0.373 e. The van der Waals surface area contributed by atoms with Gasteiger partial charge in [0.2, 0.25) is 5.91 Å². The summed E-state index contributed by atoms with van der Waals surface area (Å²) >= 11 is 0. The number of aromatic nitrogens is 2. The van der Waals surface area contributed by atoms with E-state index in [1.165, 1.54) is 0 Å². The zero-order valence-corrected chi connectivity index (χ0v) is 11.8. The van der Waals surface area contributed by atoms with E-state index in [1.807, 2.05) is 43.4 Å². The molecule has 0 spiro atoms. The topological polar surface area (TPSA) is 78.9 Å². The van der Waals surface area contributed by atoms with Crippen LogP contribution in [0.4, 0.5) is 11.6 Å². The van der Waals surface area contributed by atoms with E-state index in [4.69, 9.17) is 0 Å². The molecule has 108 valence electrons. The highest BCUT2D eigenvalue weighted by Gasteiger charge is 2.21. The maximum Gasteiger partial charge on any atom is 0.222 e. The Morgan fingerprint density at radius 2 is 1.95 bits per heavy atom. The Labute approximate surface area is 123 Å². The summed E-state index contributed by atoms with van der Waals surface area (Å²) in [5.41, 5.74) is 0.957. The van der Waals surface area contributed by atoms with Crippen molar-refractivity contribution in [3.63, 3.8) is 0 Å². The molecule has 2 aromatic rings. The molecule has 0 saturated carbocycles. The number of rotatable bonds is 4. The number of carbonyl (C=O) groups excluding carboxylic acids is 1. The van der Waals surface area contributed by atoms with Crippen LogP contribution in [0.25, 0.3) is 11.4 Å². The smallest absolute Gasteiger partial charge is 0.222 e. The van der Waals surface area contributed by atoms with Gasteiger partial charge in [0.1, 0.15) is 11.6 Å². The van der Waals surface area contributed by atoms with E-state index in [0.717, 1.165) is 17.2 Å². The quantitative estimate of drug-likeness (QED) is 0.792. The highest BCUT2D eigenvalue weighted by molar-refractivity contribution is 5.79. The number of carbonyl (C=O) groups is 1. The lowest BCUT2D eigenvalue weighted by Crippen LogP contribution is -2.23. The Hall–Kier alpha value is -2.63. The predicted molar refractivity (Wildman–Crippen MR) is 82.1 cm³/mol. The van der Waals surface area contributed by atoms with Crippen LogP contribution in [0.3, 0.4) is 0 Å². The summed E-state index contributed by atoms with van der Waals surface area (Å²) in [6.45, 7) is 0.623. The zero-order valence-electron chi connectivity index (χ0n) is 11.8. The first kappa shape index (κ1) is 13.4. The van der Waals surface area contributed by atoms with Gasteiger partial charge in [-0.05, 0) is 0 Å². The van der Waals surface area contributed by atoms with Gasteiger partial charge in [0, 0.05) is 31.6 Å². The molecular weight excluding hydrogens is 266 g/mol. The third kappa shape index (κ3) is 3.10. The van der Waals surface area contributed by atoms with Gasteiger partial charge in [-0.1, -0.05) is 30.3 Å². The van der Waals surface area contributed by atoms with Gasteiger partial charge in [-0.25, -0.2) is 9.97 Å². The molecular formula is C15H17N5O. The Morgan fingerprint density at radius 1 is 1.19 bits per heavy atom. The van der Waals surface area contributed by atoms with Crippen LogP contribution in [0.5, 0.6) is 0 Å². The molecule has 2 heterocycles. The molecule has 1 atom stereocenters. The molecule has 3 N–H and O–H groups in total. The maximum atomic E-state index is 11.3. The van der Waals surface area contributed by atoms with Crippen LogP contribution in [-0.2, 0) is 4.79 Å². The molecule has 1 aliphatic heterocycles. The molecule has 6 heteroatoms. The van der Waals surface area contributed by atoms with Gasteiger partial charge in [0.05, 0.1) is 6.04 Å². The fourth-order valence-electron chi connectivity index (χ4n) is 2.28. The lowest BCUT2D eigenvalue weighted by Gasteiger charge is -2.13. The molecule has 1 aromatic carbocycles. The van der Waals surface area contributed by atoms with Gasteiger partial charge in [-0.15, -0.1) is 0 Å². The highest BCUT2D eigenvalue weighted by atomic mass is 16.1. The summed E-state index contributed by atoms with van der Waals surface area (Å²) in [7, 11) is 1.82. The average Bonchev–Trinajstić information content (AvgIpc) is 2.93. The van der Waals surface area contributed by atoms with Crippen molar-refractivity contribution in [2.75, 3.05) is 24.2 Å². The largest absolute Gasteiger partial charge is 0.373 e. The van der Waals surface area contributed by atoms with E-state index < -0.39 is 0 Å². The van der Waals surface area contributed by atoms with Crippen molar-refractivity contribution >= 4 is 17.5 Å². The standard InChI is InChI=1S/C15H17N5O/c1-16-12-8-13(18-11-7-14(21)17-9-11)20-15(19-12)10-5-3-2-4-6-10/h2-6,8,11H,7,9H2,1H3,(H,17,21)(H2,16,18,19,20). The minimum absolute atomic E-state index is 0.0682.